The second kappa shape index (κ2) is 5.89. The lowest BCUT2D eigenvalue weighted by molar-refractivity contribution is -0.135. The van der Waals surface area contributed by atoms with Gasteiger partial charge in [0.1, 0.15) is 0 Å². The molecule has 2 atom stereocenters. The molecule has 1 N–H and O–H groups in total. The van der Waals surface area contributed by atoms with Gasteiger partial charge >= 0.3 is 6.18 Å². The number of halogens is 3. The molecule has 0 aliphatic rings. The van der Waals surface area contributed by atoms with E-state index in [2.05, 4.69) is 0 Å². The first-order valence-corrected chi connectivity index (χ1v) is 7.45. The van der Waals surface area contributed by atoms with Crippen LogP contribution in [-0.4, -0.2) is 16.7 Å². The number of hydrogen-bond donors (Lipinski definition) is 1. The molecule has 0 spiro atoms. The third kappa shape index (κ3) is 4.14. The molecular weight excluding hydrogens is 264 g/mol. The molecule has 1 aromatic carbocycles. The van der Waals surface area contributed by atoms with Gasteiger partial charge in [0, 0.05) is 11.0 Å². The van der Waals surface area contributed by atoms with E-state index in [1.165, 1.54) is 12.1 Å². The molecule has 0 amide bonds. The van der Waals surface area contributed by atoms with Crippen LogP contribution in [0.3, 0.4) is 0 Å². The number of benzene rings is 1. The van der Waals surface area contributed by atoms with Gasteiger partial charge in [-0.1, -0.05) is 31.5 Å². The van der Waals surface area contributed by atoms with E-state index in [4.69, 9.17) is 0 Å². The molecular formula is C12H16F3O2P. The monoisotopic (exact) mass is 280 g/mol. The number of alkyl halides is 3. The molecule has 0 heterocycles. The molecule has 6 heteroatoms. The summed E-state index contributed by atoms with van der Waals surface area (Å²) in [6.45, 7) is 1.70. The van der Waals surface area contributed by atoms with Crippen molar-refractivity contribution in [2.75, 3.05) is 0 Å². The van der Waals surface area contributed by atoms with Gasteiger partial charge < -0.3 is 4.89 Å². The van der Waals surface area contributed by atoms with Crippen molar-refractivity contribution in [2.45, 2.75) is 38.0 Å². The summed E-state index contributed by atoms with van der Waals surface area (Å²) in [7, 11) is -3.99. The first-order valence-electron chi connectivity index (χ1n) is 5.72. The van der Waals surface area contributed by atoms with Crippen molar-refractivity contribution in [1.29, 1.82) is 0 Å². The number of rotatable bonds is 5. The van der Waals surface area contributed by atoms with Crippen LogP contribution in [0.15, 0.2) is 30.3 Å². The van der Waals surface area contributed by atoms with E-state index in [0.717, 1.165) is 0 Å². The Hall–Kier alpha value is -0.800. The van der Waals surface area contributed by atoms with Gasteiger partial charge in [-0.3, -0.25) is 4.57 Å². The summed E-state index contributed by atoms with van der Waals surface area (Å²) in [5.41, 5.74) is -1.26. The minimum Gasteiger partial charge on any atom is -0.341 e. The highest BCUT2D eigenvalue weighted by atomic mass is 31.2. The zero-order valence-corrected chi connectivity index (χ0v) is 10.9. The lowest BCUT2D eigenvalue weighted by atomic mass is 10.2. The Morgan fingerprint density at radius 1 is 1.28 bits per heavy atom. The van der Waals surface area contributed by atoms with Crippen molar-refractivity contribution in [3.63, 3.8) is 0 Å². The molecule has 1 rings (SSSR count). The lowest BCUT2D eigenvalue weighted by Crippen LogP contribution is -2.24. The van der Waals surface area contributed by atoms with Crippen molar-refractivity contribution in [3.05, 3.63) is 30.3 Å². The molecule has 18 heavy (non-hydrogen) atoms. The van der Waals surface area contributed by atoms with Crippen LogP contribution >= 0.6 is 7.37 Å². The van der Waals surface area contributed by atoms with E-state index in [9.17, 15) is 22.6 Å². The topological polar surface area (TPSA) is 37.3 Å². The van der Waals surface area contributed by atoms with Crippen LogP contribution in [0, 0.1) is 0 Å². The van der Waals surface area contributed by atoms with Crippen LogP contribution in [0.1, 0.15) is 26.2 Å². The van der Waals surface area contributed by atoms with Crippen molar-refractivity contribution in [3.8, 4) is 0 Å². The molecule has 0 saturated carbocycles. The van der Waals surface area contributed by atoms with E-state index in [0.29, 0.717) is 6.42 Å². The third-order valence-electron chi connectivity index (χ3n) is 2.71. The first-order chi connectivity index (χ1) is 8.27. The smallest absolute Gasteiger partial charge is 0.341 e. The predicted molar refractivity (Wildman–Crippen MR) is 65.3 cm³/mol. The maximum Gasteiger partial charge on any atom is 0.389 e. The third-order valence-corrected chi connectivity index (χ3v) is 5.18. The van der Waals surface area contributed by atoms with Gasteiger partial charge in [0.2, 0.25) is 7.37 Å². The quantitative estimate of drug-likeness (QED) is 0.835. The first kappa shape index (κ1) is 15.3. The van der Waals surface area contributed by atoms with Crippen LogP contribution in [-0.2, 0) is 4.57 Å². The highest BCUT2D eigenvalue weighted by Gasteiger charge is 2.41. The maximum atomic E-state index is 12.4. The van der Waals surface area contributed by atoms with E-state index < -0.39 is 25.6 Å². The Morgan fingerprint density at radius 3 is 2.28 bits per heavy atom. The second-order valence-corrected chi connectivity index (χ2v) is 6.71. The van der Waals surface area contributed by atoms with Crippen molar-refractivity contribution < 1.29 is 22.6 Å². The molecule has 0 radical (unpaired) electrons. The molecule has 2 nitrogen and oxygen atoms in total. The standard InChI is InChI=1S/C12H16F3O2P/c1-2-6-11(9-12(13,14)15)18(16,17)10-7-4-3-5-8-10/h3-5,7-8,11H,2,6,9H2,1H3,(H,16,17). The average molecular weight is 280 g/mol. The molecule has 0 aromatic heterocycles. The van der Waals surface area contributed by atoms with Gasteiger partial charge in [-0.25, -0.2) is 0 Å². The Morgan fingerprint density at radius 2 is 1.83 bits per heavy atom. The molecule has 0 aliphatic carbocycles. The van der Waals surface area contributed by atoms with Gasteiger partial charge in [-0.2, -0.15) is 13.2 Å². The normalized spacial score (nSPS) is 17.2. The zero-order valence-electron chi connectivity index (χ0n) is 10.0. The van der Waals surface area contributed by atoms with Crippen LogP contribution in [0.25, 0.3) is 0 Å². The summed E-state index contributed by atoms with van der Waals surface area (Å²) in [4.78, 5) is 10.00. The van der Waals surface area contributed by atoms with Crippen LogP contribution in [0.4, 0.5) is 13.2 Å². The summed E-state index contributed by atoms with van der Waals surface area (Å²) in [6.07, 6.45) is -5.11. The highest BCUT2D eigenvalue weighted by molar-refractivity contribution is 7.66. The lowest BCUT2D eigenvalue weighted by Gasteiger charge is -2.24. The van der Waals surface area contributed by atoms with Gasteiger partial charge in [0.25, 0.3) is 0 Å². The van der Waals surface area contributed by atoms with Crippen LogP contribution in [0.5, 0.6) is 0 Å². The van der Waals surface area contributed by atoms with Gasteiger partial charge in [0.05, 0.1) is 6.42 Å². The van der Waals surface area contributed by atoms with Crippen molar-refractivity contribution >= 4 is 12.7 Å². The van der Waals surface area contributed by atoms with E-state index in [-0.39, 0.29) is 11.7 Å². The summed E-state index contributed by atoms with van der Waals surface area (Å²) in [6, 6.07) is 7.56. The summed E-state index contributed by atoms with van der Waals surface area (Å²) in [5, 5.41) is 0.0905. The maximum absolute atomic E-state index is 12.4. The Kier molecular flexibility index (Phi) is 5.00. The largest absolute Gasteiger partial charge is 0.389 e. The summed E-state index contributed by atoms with van der Waals surface area (Å²) < 4.78 is 49.6. The molecule has 102 valence electrons. The fourth-order valence-corrected chi connectivity index (χ4v) is 3.94. The Bertz CT molecular complexity index is 417. The van der Waals surface area contributed by atoms with Gasteiger partial charge in [0.15, 0.2) is 0 Å². The summed E-state index contributed by atoms with van der Waals surface area (Å²) in [5.74, 6) is 0. The molecule has 1 aromatic rings. The van der Waals surface area contributed by atoms with Gasteiger partial charge in [-0.15, -0.1) is 0 Å². The molecule has 0 fully saturated rings. The predicted octanol–water partition coefficient (Wildman–Crippen LogP) is 3.70. The van der Waals surface area contributed by atoms with Crippen LogP contribution < -0.4 is 5.30 Å². The second-order valence-electron chi connectivity index (χ2n) is 4.22. The zero-order chi connectivity index (χ0) is 13.8. The van der Waals surface area contributed by atoms with E-state index >= 15 is 0 Å². The molecule has 2 unspecified atom stereocenters. The van der Waals surface area contributed by atoms with Crippen LogP contribution in [0.2, 0.25) is 0 Å². The molecule has 0 bridgehead atoms. The van der Waals surface area contributed by atoms with Crippen molar-refractivity contribution in [1.82, 2.24) is 0 Å². The average Bonchev–Trinajstić information content (AvgIpc) is 2.28. The fraction of sp³-hybridized carbons (Fsp3) is 0.500. The Balaban J connectivity index is 3.01. The molecule has 0 aliphatic heterocycles. The summed E-state index contributed by atoms with van der Waals surface area (Å²) >= 11 is 0. The van der Waals surface area contributed by atoms with Gasteiger partial charge in [-0.05, 0) is 18.6 Å². The fourth-order valence-electron chi connectivity index (χ4n) is 1.85. The van der Waals surface area contributed by atoms with Crippen molar-refractivity contribution in [2.24, 2.45) is 0 Å². The Labute approximate surface area is 104 Å². The highest BCUT2D eigenvalue weighted by Crippen LogP contribution is 2.50. The van der Waals surface area contributed by atoms with E-state index in [1.807, 2.05) is 0 Å². The number of hydrogen-bond acceptors (Lipinski definition) is 1. The minimum atomic E-state index is -4.42. The molecule has 0 saturated heterocycles. The van der Waals surface area contributed by atoms with E-state index in [1.54, 1.807) is 25.1 Å². The SMILES string of the molecule is CCCC(CC(F)(F)F)P(=O)(O)c1ccccc1. The minimum absolute atomic E-state index is 0.0855.